The van der Waals surface area contributed by atoms with E-state index in [4.69, 9.17) is 4.42 Å². The molecular formula is C72H49FN2O. The second kappa shape index (κ2) is 18.3. The molecule has 0 amide bonds. The summed E-state index contributed by atoms with van der Waals surface area (Å²) in [6.07, 6.45) is 0. The number of para-hydroxylation sites is 1. The van der Waals surface area contributed by atoms with E-state index in [-0.39, 0.29) is 5.82 Å². The van der Waals surface area contributed by atoms with Crippen molar-refractivity contribution < 1.29 is 8.81 Å². The summed E-state index contributed by atoms with van der Waals surface area (Å²) < 4.78 is 21.7. The first-order chi connectivity index (χ1) is 37.5. The molecule has 14 rings (SSSR count). The van der Waals surface area contributed by atoms with Crippen LogP contribution in [0.5, 0.6) is 0 Å². The highest BCUT2D eigenvalue weighted by Crippen LogP contribution is 2.57. The highest BCUT2D eigenvalue weighted by atomic mass is 19.1. The molecule has 0 radical (unpaired) electrons. The minimum atomic E-state index is -0.556. The molecule has 1 aliphatic rings. The van der Waals surface area contributed by atoms with E-state index in [1.807, 2.05) is 12.1 Å². The summed E-state index contributed by atoms with van der Waals surface area (Å²) in [5, 5.41) is 4.45. The molecule has 0 fully saturated rings. The highest BCUT2D eigenvalue weighted by molar-refractivity contribution is 6.15. The van der Waals surface area contributed by atoms with Gasteiger partial charge in [0.2, 0.25) is 0 Å². The lowest BCUT2D eigenvalue weighted by atomic mass is 9.68. The molecule has 0 atom stereocenters. The third kappa shape index (κ3) is 7.48. The number of halogens is 1. The average Bonchev–Trinajstić information content (AvgIpc) is 4.20. The van der Waals surface area contributed by atoms with Crippen LogP contribution in [0.15, 0.2) is 283 Å². The van der Waals surface area contributed by atoms with E-state index in [1.54, 1.807) is 12.1 Å². The fourth-order valence-corrected chi connectivity index (χ4v) is 11.9. The van der Waals surface area contributed by atoms with Crippen LogP contribution in [-0.2, 0) is 5.41 Å². The Kier molecular flexibility index (Phi) is 10.8. The Morgan fingerprint density at radius 3 is 1.63 bits per heavy atom. The first-order valence-corrected chi connectivity index (χ1v) is 25.9. The Bertz CT molecular complexity index is 4260. The van der Waals surface area contributed by atoms with Gasteiger partial charge in [0, 0.05) is 50.3 Å². The van der Waals surface area contributed by atoms with Crippen LogP contribution in [-0.4, -0.2) is 0 Å². The molecule has 0 saturated carbocycles. The number of rotatable bonds is 10. The number of fused-ring (bicyclic) bond motifs is 8. The largest absolute Gasteiger partial charge is 0.455 e. The Hall–Kier alpha value is -9.77. The molecule has 4 heteroatoms. The predicted octanol–water partition coefficient (Wildman–Crippen LogP) is 19.8. The summed E-state index contributed by atoms with van der Waals surface area (Å²) in [7, 11) is 0. The molecule has 0 N–H and O–H groups in total. The van der Waals surface area contributed by atoms with Gasteiger partial charge in [-0.25, -0.2) is 4.39 Å². The van der Waals surface area contributed by atoms with Crippen LogP contribution in [0.1, 0.15) is 27.8 Å². The Morgan fingerprint density at radius 1 is 0.342 bits per heavy atom. The minimum absolute atomic E-state index is 0.294. The SMILES string of the molecule is Cc1ccc(N(c2ccccc2)c2cc(-c3cccc(-c4ccc5oc6c7ccccc7ccc6c5c4)c3)cc(N(c3ccc(F)cc3)c3ccc4c(c3)-c3ccccc3C4(c3ccccc3)c3ccccc3)c2)cc1. The Balaban J connectivity index is 0.983. The number of benzene rings is 12. The number of nitrogens with zero attached hydrogens (tertiary/aromatic N) is 2. The second-order valence-corrected chi connectivity index (χ2v) is 19.9. The van der Waals surface area contributed by atoms with Crippen molar-refractivity contribution in [1.82, 2.24) is 0 Å². The third-order valence-electron chi connectivity index (χ3n) is 15.4. The van der Waals surface area contributed by atoms with Gasteiger partial charge in [0.1, 0.15) is 17.0 Å². The molecule has 0 spiro atoms. The van der Waals surface area contributed by atoms with Gasteiger partial charge in [-0.1, -0.05) is 181 Å². The van der Waals surface area contributed by atoms with E-state index in [1.165, 1.54) is 33.4 Å². The molecule has 1 aliphatic carbocycles. The molecule has 3 nitrogen and oxygen atoms in total. The standard InChI is InChI=1S/C72H49FN2O/c1-48-28-34-58(35-29-48)74(57-23-9-4-10-24-57)61-43-53(51-18-15-17-50(42-51)52-31-41-70-67(45-52)65-39-30-49-16-11-12-25-63(49)71(65)76-70)44-62(46-61)75(59-36-32-56(73)33-37-59)60-38-40-69-66(47-60)64-26-13-14-27-68(64)72(69,54-19-5-2-6-20-54)55-21-7-3-8-22-55/h2-47H,1H3. The minimum Gasteiger partial charge on any atom is -0.455 e. The molecule has 360 valence electrons. The molecule has 12 aromatic carbocycles. The monoisotopic (exact) mass is 976 g/mol. The predicted molar refractivity (Wildman–Crippen MR) is 313 cm³/mol. The van der Waals surface area contributed by atoms with Crippen molar-refractivity contribution in [2.24, 2.45) is 0 Å². The lowest BCUT2D eigenvalue weighted by Gasteiger charge is -2.34. The maximum absolute atomic E-state index is 15.1. The van der Waals surface area contributed by atoms with Gasteiger partial charge in [0.25, 0.3) is 0 Å². The van der Waals surface area contributed by atoms with Crippen LogP contribution in [0.2, 0.25) is 0 Å². The Morgan fingerprint density at radius 2 is 0.908 bits per heavy atom. The molecule has 0 saturated heterocycles. The quantitative estimate of drug-likeness (QED) is 0.136. The molecule has 0 unspecified atom stereocenters. The summed E-state index contributed by atoms with van der Waals surface area (Å²) in [6, 6.07) is 98.6. The number of hydrogen-bond donors (Lipinski definition) is 0. The summed E-state index contributed by atoms with van der Waals surface area (Å²) in [6.45, 7) is 2.12. The molecular weight excluding hydrogens is 928 g/mol. The number of furan rings is 1. The van der Waals surface area contributed by atoms with Gasteiger partial charge in [0.15, 0.2) is 0 Å². The maximum Gasteiger partial charge on any atom is 0.143 e. The van der Waals surface area contributed by atoms with Crippen LogP contribution < -0.4 is 9.80 Å². The van der Waals surface area contributed by atoms with Crippen molar-refractivity contribution in [2.45, 2.75) is 12.3 Å². The summed E-state index contributed by atoms with van der Waals surface area (Å²) in [4.78, 5) is 4.61. The lowest BCUT2D eigenvalue weighted by Crippen LogP contribution is -2.28. The first-order valence-electron chi connectivity index (χ1n) is 25.9. The van der Waals surface area contributed by atoms with Crippen LogP contribution in [0.3, 0.4) is 0 Å². The van der Waals surface area contributed by atoms with Crippen molar-refractivity contribution in [3.63, 3.8) is 0 Å². The van der Waals surface area contributed by atoms with E-state index in [2.05, 4.69) is 272 Å². The van der Waals surface area contributed by atoms with Gasteiger partial charge in [-0.3, -0.25) is 0 Å². The number of anilines is 6. The van der Waals surface area contributed by atoms with Gasteiger partial charge in [-0.15, -0.1) is 0 Å². The summed E-state index contributed by atoms with van der Waals surface area (Å²) in [5.41, 5.74) is 19.6. The van der Waals surface area contributed by atoms with Crippen molar-refractivity contribution in [3.05, 3.63) is 313 Å². The van der Waals surface area contributed by atoms with Gasteiger partial charge < -0.3 is 14.2 Å². The molecule has 76 heavy (non-hydrogen) atoms. The summed E-state index contributed by atoms with van der Waals surface area (Å²) in [5.74, 6) is -0.294. The van der Waals surface area contributed by atoms with Crippen molar-refractivity contribution in [2.75, 3.05) is 9.80 Å². The van der Waals surface area contributed by atoms with E-state index >= 15 is 4.39 Å². The van der Waals surface area contributed by atoms with Crippen molar-refractivity contribution in [3.8, 4) is 33.4 Å². The van der Waals surface area contributed by atoms with Crippen LogP contribution in [0.25, 0.3) is 66.1 Å². The van der Waals surface area contributed by atoms with E-state index in [0.717, 1.165) is 94.7 Å². The maximum atomic E-state index is 15.1. The Labute approximate surface area is 441 Å². The zero-order valence-electron chi connectivity index (χ0n) is 41.7. The first kappa shape index (κ1) is 44.9. The lowest BCUT2D eigenvalue weighted by molar-refractivity contribution is 0.628. The third-order valence-corrected chi connectivity index (χ3v) is 15.4. The zero-order valence-corrected chi connectivity index (χ0v) is 41.7. The average molecular weight is 977 g/mol. The molecule has 0 aliphatic heterocycles. The van der Waals surface area contributed by atoms with E-state index in [9.17, 15) is 0 Å². The van der Waals surface area contributed by atoms with Crippen LogP contribution in [0, 0.1) is 12.7 Å². The van der Waals surface area contributed by atoms with Gasteiger partial charge in [-0.2, -0.15) is 0 Å². The number of aryl methyl sites for hydroxylation is 1. The molecule has 1 aromatic heterocycles. The molecule has 13 aromatic rings. The number of hydrogen-bond acceptors (Lipinski definition) is 3. The molecule has 1 heterocycles. The van der Waals surface area contributed by atoms with Gasteiger partial charge in [-0.05, 0) is 171 Å². The van der Waals surface area contributed by atoms with Crippen LogP contribution in [0.4, 0.5) is 38.5 Å². The van der Waals surface area contributed by atoms with Crippen molar-refractivity contribution in [1.29, 1.82) is 0 Å². The fraction of sp³-hybridized carbons (Fsp3) is 0.0278. The van der Waals surface area contributed by atoms with Gasteiger partial charge >= 0.3 is 0 Å². The van der Waals surface area contributed by atoms with E-state index < -0.39 is 5.41 Å². The topological polar surface area (TPSA) is 19.6 Å². The van der Waals surface area contributed by atoms with E-state index in [0.29, 0.717) is 0 Å². The highest BCUT2D eigenvalue weighted by Gasteiger charge is 2.46. The normalized spacial score (nSPS) is 12.4. The molecule has 0 bridgehead atoms. The smallest absolute Gasteiger partial charge is 0.143 e. The fourth-order valence-electron chi connectivity index (χ4n) is 11.9. The second-order valence-electron chi connectivity index (χ2n) is 19.9. The van der Waals surface area contributed by atoms with Crippen LogP contribution >= 0.6 is 0 Å². The van der Waals surface area contributed by atoms with Gasteiger partial charge in [0.05, 0.1) is 5.41 Å². The summed E-state index contributed by atoms with van der Waals surface area (Å²) >= 11 is 0. The zero-order chi connectivity index (χ0) is 50.7. The van der Waals surface area contributed by atoms with Crippen molar-refractivity contribution >= 4 is 66.8 Å².